The molecule has 0 aromatic heterocycles. The molecule has 26 heavy (non-hydrogen) atoms. The summed E-state index contributed by atoms with van der Waals surface area (Å²) in [6.07, 6.45) is 2.39. The van der Waals surface area contributed by atoms with Crippen molar-refractivity contribution in [2.24, 2.45) is 0 Å². The van der Waals surface area contributed by atoms with Gasteiger partial charge in [-0.25, -0.2) is 0 Å². The molecule has 6 nitrogen and oxygen atoms in total. The van der Waals surface area contributed by atoms with Gasteiger partial charge in [-0.1, -0.05) is 18.2 Å². The third kappa shape index (κ3) is 2.47. The van der Waals surface area contributed by atoms with Crippen LogP contribution < -0.4 is 15.5 Å². The molecule has 0 spiro atoms. The maximum absolute atomic E-state index is 13.1. The Bertz CT molecular complexity index is 930. The number of anilines is 2. The van der Waals surface area contributed by atoms with E-state index in [1.54, 1.807) is 42.1 Å². The Hall–Kier alpha value is -2.80. The highest BCUT2D eigenvalue weighted by Crippen LogP contribution is 2.39. The summed E-state index contributed by atoms with van der Waals surface area (Å²) in [6, 6.07) is 14.3. The van der Waals surface area contributed by atoms with Crippen LogP contribution in [-0.4, -0.2) is 29.6 Å². The van der Waals surface area contributed by atoms with E-state index in [2.05, 4.69) is 10.6 Å². The maximum atomic E-state index is 13.1. The second kappa shape index (κ2) is 6.17. The minimum absolute atomic E-state index is 0.175. The van der Waals surface area contributed by atoms with E-state index in [0.29, 0.717) is 16.9 Å². The Balaban J connectivity index is 1.73. The van der Waals surface area contributed by atoms with Gasteiger partial charge in [0.25, 0.3) is 11.8 Å². The van der Waals surface area contributed by atoms with Gasteiger partial charge in [-0.15, -0.1) is 11.8 Å². The first-order valence-electron chi connectivity index (χ1n) is 8.25. The number of thioether (sulfide) groups is 1. The van der Waals surface area contributed by atoms with Gasteiger partial charge < -0.3 is 10.6 Å². The first kappa shape index (κ1) is 16.7. The molecule has 2 aromatic rings. The highest BCUT2D eigenvalue weighted by atomic mass is 32.2. The molecule has 0 radical (unpaired) electrons. The lowest BCUT2D eigenvalue weighted by Gasteiger charge is -2.41. The zero-order valence-corrected chi connectivity index (χ0v) is 14.9. The third-order valence-corrected chi connectivity index (χ3v) is 5.47. The zero-order chi connectivity index (χ0) is 18.3. The maximum Gasteiger partial charge on any atom is 0.271 e. The molecule has 0 saturated carbocycles. The molecule has 2 aromatic carbocycles. The topological polar surface area (TPSA) is 78.5 Å². The summed E-state index contributed by atoms with van der Waals surface area (Å²) in [4.78, 5) is 40.7. The van der Waals surface area contributed by atoms with E-state index >= 15 is 0 Å². The summed E-state index contributed by atoms with van der Waals surface area (Å²) in [5.41, 5.74) is 0.115. The van der Waals surface area contributed by atoms with Gasteiger partial charge >= 0.3 is 0 Å². The Morgan fingerprint density at radius 2 is 2.00 bits per heavy atom. The lowest BCUT2D eigenvalue weighted by molar-refractivity contribution is -0.124. The summed E-state index contributed by atoms with van der Waals surface area (Å²) < 4.78 is 0. The smallest absolute Gasteiger partial charge is 0.271 e. The van der Waals surface area contributed by atoms with Crippen LogP contribution in [0.1, 0.15) is 23.2 Å². The molecular weight excluding hydrogens is 350 g/mol. The molecule has 7 heteroatoms. The first-order valence-corrected chi connectivity index (χ1v) is 9.48. The van der Waals surface area contributed by atoms with Gasteiger partial charge in [0, 0.05) is 23.4 Å². The van der Waals surface area contributed by atoms with Crippen LogP contribution in [0.5, 0.6) is 0 Å². The van der Waals surface area contributed by atoms with Gasteiger partial charge in [-0.05, 0) is 36.6 Å². The average molecular weight is 367 g/mol. The number of hydrogen-bond acceptors (Lipinski definition) is 4. The SMILES string of the molecule is CSc1cccc(NC(=O)C23CCC(=O)N2c2ccccc2C(=O)N3)c1. The van der Waals surface area contributed by atoms with Crippen molar-refractivity contribution in [2.75, 3.05) is 16.5 Å². The number of fused-ring (bicyclic) bond motifs is 3. The van der Waals surface area contributed by atoms with E-state index in [9.17, 15) is 14.4 Å². The molecular formula is C19H17N3O3S. The number of para-hydroxylation sites is 1. The summed E-state index contributed by atoms with van der Waals surface area (Å²) >= 11 is 1.57. The molecule has 2 aliphatic rings. The molecule has 0 aliphatic carbocycles. The van der Waals surface area contributed by atoms with Crippen molar-refractivity contribution in [1.82, 2.24) is 5.32 Å². The van der Waals surface area contributed by atoms with Crippen molar-refractivity contribution in [2.45, 2.75) is 23.4 Å². The number of nitrogens with zero attached hydrogens (tertiary/aromatic N) is 1. The van der Waals surface area contributed by atoms with Crippen LogP contribution in [0.3, 0.4) is 0 Å². The summed E-state index contributed by atoms with van der Waals surface area (Å²) in [6.45, 7) is 0. The fraction of sp³-hybridized carbons (Fsp3) is 0.211. The Morgan fingerprint density at radius 3 is 2.81 bits per heavy atom. The van der Waals surface area contributed by atoms with Crippen molar-refractivity contribution in [3.8, 4) is 0 Å². The summed E-state index contributed by atoms with van der Waals surface area (Å²) in [7, 11) is 0. The van der Waals surface area contributed by atoms with Crippen molar-refractivity contribution in [3.05, 3.63) is 54.1 Å². The average Bonchev–Trinajstić information content (AvgIpc) is 3.00. The van der Waals surface area contributed by atoms with Gasteiger partial charge in [-0.3, -0.25) is 19.3 Å². The molecule has 0 bridgehead atoms. The highest BCUT2D eigenvalue weighted by Gasteiger charge is 2.56. The third-order valence-electron chi connectivity index (χ3n) is 4.74. The van der Waals surface area contributed by atoms with Crippen LogP contribution >= 0.6 is 11.8 Å². The van der Waals surface area contributed by atoms with E-state index in [1.807, 2.05) is 24.5 Å². The van der Waals surface area contributed by atoms with Gasteiger partial charge in [0.15, 0.2) is 0 Å². The van der Waals surface area contributed by atoms with E-state index in [-0.39, 0.29) is 24.7 Å². The predicted molar refractivity (Wildman–Crippen MR) is 100 cm³/mol. The van der Waals surface area contributed by atoms with Crippen molar-refractivity contribution in [3.63, 3.8) is 0 Å². The van der Waals surface area contributed by atoms with Crippen LogP contribution in [-0.2, 0) is 9.59 Å². The van der Waals surface area contributed by atoms with Crippen molar-refractivity contribution >= 4 is 40.9 Å². The molecule has 132 valence electrons. The molecule has 1 saturated heterocycles. The molecule has 1 atom stereocenters. The highest BCUT2D eigenvalue weighted by molar-refractivity contribution is 7.98. The van der Waals surface area contributed by atoms with Crippen LogP contribution in [0.4, 0.5) is 11.4 Å². The van der Waals surface area contributed by atoms with Gasteiger partial charge in [0.1, 0.15) is 0 Å². The molecule has 2 N–H and O–H groups in total. The van der Waals surface area contributed by atoms with Gasteiger partial charge in [-0.2, -0.15) is 0 Å². The summed E-state index contributed by atoms with van der Waals surface area (Å²) in [5, 5.41) is 5.64. The quantitative estimate of drug-likeness (QED) is 0.818. The standard InChI is InChI=1S/C19H17N3O3S/c1-26-13-6-4-5-12(11-13)20-18(25)19-10-9-16(23)22(19)15-8-3-2-7-14(15)17(24)21-19/h2-8,11H,9-10H2,1H3,(H,20,25)(H,21,24). The molecule has 2 aliphatic heterocycles. The fourth-order valence-electron chi connectivity index (χ4n) is 3.51. The Kier molecular flexibility index (Phi) is 3.96. The second-order valence-electron chi connectivity index (χ2n) is 6.25. The molecule has 1 unspecified atom stereocenters. The van der Waals surface area contributed by atoms with E-state index < -0.39 is 11.6 Å². The second-order valence-corrected chi connectivity index (χ2v) is 7.13. The number of amides is 3. The fourth-order valence-corrected chi connectivity index (χ4v) is 3.97. The number of carbonyl (C=O) groups excluding carboxylic acids is 3. The first-order chi connectivity index (χ1) is 12.5. The van der Waals surface area contributed by atoms with E-state index in [4.69, 9.17) is 0 Å². The van der Waals surface area contributed by atoms with Crippen LogP contribution in [0.2, 0.25) is 0 Å². The van der Waals surface area contributed by atoms with Gasteiger partial charge in [0.2, 0.25) is 11.6 Å². The molecule has 3 amide bonds. The number of rotatable bonds is 3. The number of nitrogens with one attached hydrogen (secondary N) is 2. The normalized spacial score (nSPS) is 21.0. The Morgan fingerprint density at radius 1 is 1.19 bits per heavy atom. The summed E-state index contributed by atoms with van der Waals surface area (Å²) in [5.74, 6) is -0.936. The molecule has 4 rings (SSSR count). The lowest BCUT2D eigenvalue weighted by atomic mass is 9.98. The minimum atomic E-state index is -1.39. The molecule has 2 heterocycles. The minimum Gasteiger partial charge on any atom is -0.322 e. The van der Waals surface area contributed by atoms with E-state index in [1.165, 1.54) is 4.90 Å². The molecule has 1 fully saturated rings. The zero-order valence-electron chi connectivity index (χ0n) is 14.1. The monoisotopic (exact) mass is 367 g/mol. The number of carbonyl (C=O) groups is 3. The van der Waals surface area contributed by atoms with Crippen molar-refractivity contribution in [1.29, 1.82) is 0 Å². The van der Waals surface area contributed by atoms with Crippen LogP contribution in [0, 0.1) is 0 Å². The Labute approximate surface area is 154 Å². The van der Waals surface area contributed by atoms with Crippen LogP contribution in [0.25, 0.3) is 0 Å². The number of benzene rings is 2. The number of hydrogen-bond donors (Lipinski definition) is 2. The van der Waals surface area contributed by atoms with E-state index in [0.717, 1.165) is 4.90 Å². The predicted octanol–water partition coefficient (Wildman–Crippen LogP) is 2.61. The van der Waals surface area contributed by atoms with Gasteiger partial charge in [0.05, 0.1) is 11.3 Å². The largest absolute Gasteiger partial charge is 0.322 e. The van der Waals surface area contributed by atoms with Crippen LogP contribution in [0.15, 0.2) is 53.4 Å². The van der Waals surface area contributed by atoms with Crippen molar-refractivity contribution < 1.29 is 14.4 Å². The lowest BCUT2D eigenvalue weighted by Crippen LogP contribution is -2.68.